The number of hydrogen-bond donors (Lipinski definition) is 2. The van der Waals surface area contributed by atoms with Gasteiger partial charge in [-0.25, -0.2) is 0 Å². The molecular weight excluding hydrogens is 439 g/mol. The second-order valence-electron chi connectivity index (χ2n) is 7.45. The van der Waals surface area contributed by atoms with Crippen molar-refractivity contribution in [2.24, 2.45) is 5.92 Å². The van der Waals surface area contributed by atoms with E-state index in [9.17, 15) is 19.4 Å². The van der Waals surface area contributed by atoms with Crippen LogP contribution in [0, 0.1) is 5.92 Å². The van der Waals surface area contributed by atoms with Gasteiger partial charge in [-0.05, 0) is 36.6 Å². The number of piperidine rings is 1. The first kappa shape index (κ1) is 21.8. The van der Waals surface area contributed by atoms with Crippen molar-refractivity contribution in [2.75, 3.05) is 31.3 Å². The molecule has 1 fully saturated rings. The first-order chi connectivity index (χ1) is 15.0. The summed E-state index contributed by atoms with van der Waals surface area (Å²) < 4.78 is 6.21. The molecule has 0 amide bonds. The number of hydrogen-bond acceptors (Lipinski definition) is 9. The molecule has 164 valence electrons. The summed E-state index contributed by atoms with van der Waals surface area (Å²) in [6.45, 7) is 1.35. The van der Waals surface area contributed by atoms with Crippen LogP contribution in [0.25, 0.3) is 10.8 Å². The molecule has 3 aromatic heterocycles. The van der Waals surface area contributed by atoms with Crippen molar-refractivity contribution >= 4 is 42.2 Å². The molecule has 0 bridgehead atoms. The van der Waals surface area contributed by atoms with Gasteiger partial charge in [-0.15, -0.1) is 0 Å². The van der Waals surface area contributed by atoms with E-state index in [1.165, 1.54) is 24.6 Å². The fourth-order valence-corrected chi connectivity index (χ4v) is 5.07. The van der Waals surface area contributed by atoms with Gasteiger partial charge in [0.25, 0.3) is 11.5 Å². The van der Waals surface area contributed by atoms with E-state index in [1.54, 1.807) is 22.9 Å². The van der Waals surface area contributed by atoms with E-state index in [-0.39, 0.29) is 0 Å². The zero-order valence-electron chi connectivity index (χ0n) is 17.0. The lowest BCUT2D eigenvalue weighted by Gasteiger charge is -2.33. The second-order valence-corrected chi connectivity index (χ2v) is 9.42. The average molecular weight is 462 g/mol. The Morgan fingerprint density at radius 1 is 1.35 bits per heavy atom. The number of ether oxygens (including phenoxy) is 1. The van der Waals surface area contributed by atoms with Crippen LogP contribution in [0.2, 0.25) is 0 Å². The normalized spacial score (nSPS) is 15.0. The first-order valence-corrected chi connectivity index (χ1v) is 12.3. The highest BCUT2D eigenvalue weighted by Gasteiger charge is 2.25. The summed E-state index contributed by atoms with van der Waals surface area (Å²) in [6.07, 6.45) is 4.39. The monoisotopic (exact) mass is 462 g/mol. The third kappa shape index (κ3) is 4.62. The molecule has 31 heavy (non-hydrogen) atoms. The van der Waals surface area contributed by atoms with Crippen molar-refractivity contribution < 1.29 is 19.3 Å². The molecule has 2 N–H and O–H groups in total. The molecule has 3 aromatic rings. The van der Waals surface area contributed by atoms with Crippen LogP contribution in [-0.2, 0) is 0 Å². The third-order valence-electron chi connectivity index (χ3n) is 5.55. The van der Waals surface area contributed by atoms with Gasteiger partial charge in [-0.3, -0.25) is 9.59 Å². The minimum absolute atomic E-state index is 0.340. The largest absolute Gasteiger partial charge is 0.481 e. The Bertz CT molecular complexity index is 1130. The minimum atomic E-state index is -1.87. The van der Waals surface area contributed by atoms with Crippen LogP contribution in [0.3, 0.4) is 0 Å². The van der Waals surface area contributed by atoms with Crippen molar-refractivity contribution in [3.8, 4) is 5.88 Å². The smallest absolute Gasteiger partial charge is 0.285 e. The lowest BCUT2D eigenvalue weighted by atomic mass is 9.94. The quantitative estimate of drug-likeness (QED) is 0.537. The Labute approximate surface area is 183 Å². The van der Waals surface area contributed by atoms with E-state index in [0.29, 0.717) is 53.2 Å². The number of methoxy groups -OCH3 is 1. The van der Waals surface area contributed by atoms with Crippen molar-refractivity contribution in [1.29, 1.82) is 0 Å². The van der Waals surface area contributed by atoms with Crippen LogP contribution in [0.5, 0.6) is 5.88 Å². The van der Waals surface area contributed by atoms with Crippen LogP contribution in [0.15, 0.2) is 33.9 Å². The second kappa shape index (κ2) is 9.40. The highest BCUT2D eigenvalue weighted by Crippen LogP contribution is 2.33. The fraction of sp³-hybridized carbons (Fsp3) is 0.400. The standard InChI is InChI=1S/C20H23N4O5PS/c1-29-16-10-15-11-21-24(19(25)14-5-9-31-12-14)20(26)17(15)18(22-16)23-6-2-13(3-7-23)4-8-30(27)28/h5,9-13,27-28H,2-4,6-8H2,1H3. The number of carbonyl (C=O) groups excluding carboxylic acids is 1. The molecule has 0 saturated carbocycles. The summed E-state index contributed by atoms with van der Waals surface area (Å²) in [6, 6.07) is 3.30. The van der Waals surface area contributed by atoms with Crippen molar-refractivity contribution in [1.82, 2.24) is 14.8 Å². The predicted molar refractivity (Wildman–Crippen MR) is 120 cm³/mol. The van der Waals surface area contributed by atoms with Gasteiger partial charge in [0.2, 0.25) is 5.88 Å². The Balaban J connectivity index is 1.70. The number of fused-ring (bicyclic) bond motifs is 1. The maximum Gasteiger partial charge on any atom is 0.285 e. The summed E-state index contributed by atoms with van der Waals surface area (Å²) in [4.78, 5) is 51.0. The molecule has 0 atom stereocenters. The molecule has 0 radical (unpaired) electrons. The number of thiophene rings is 1. The van der Waals surface area contributed by atoms with Crippen LogP contribution >= 0.6 is 19.7 Å². The molecule has 0 aromatic carbocycles. The Kier molecular flexibility index (Phi) is 6.62. The molecule has 0 unspecified atom stereocenters. The van der Waals surface area contributed by atoms with Crippen LogP contribution < -0.4 is 15.2 Å². The van der Waals surface area contributed by atoms with E-state index < -0.39 is 19.8 Å². The van der Waals surface area contributed by atoms with E-state index in [1.807, 2.05) is 4.90 Å². The third-order valence-corrected chi connectivity index (χ3v) is 6.89. The van der Waals surface area contributed by atoms with E-state index >= 15 is 0 Å². The Hall–Kier alpha value is -2.39. The number of anilines is 1. The summed E-state index contributed by atoms with van der Waals surface area (Å²) in [5.41, 5.74) is -0.0947. The van der Waals surface area contributed by atoms with Gasteiger partial charge in [-0.1, -0.05) is 0 Å². The number of nitrogens with zero attached hydrogens (tertiary/aromatic N) is 4. The van der Waals surface area contributed by atoms with Gasteiger partial charge in [0.05, 0.1) is 24.3 Å². The number of aromatic nitrogens is 3. The van der Waals surface area contributed by atoms with Gasteiger partial charge in [0.1, 0.15) is 5.82 Å². The Morgan fingerprint density at radius 3 is 2.77 bits per heavy atom. The number of rotatable bonds is 6. The van der Waals surface area contributed by atoms with Gasteiger partial charge in [0.15, 0.2) is 8.38 Å². The lowest BCUT2D eigenvalue weighted by molar-refractivity contribution is 0.0940. The van der Waals surface area contributed by atoms with Crippen LogP contribution in [-0.4, -0.2) is 56.8 Å². The lowest BCUT2D eigenvalue weighted by Crippen LogP contribution is -2.36. The molecule has 0 spiro atoms. The molecule has 4 heterocycles. The SMILES string of the molecule is COc1cc2cnn(C(=O)c3ccsc3)c(=O)c2c(N2CCC(CCP(O)O)CC2)n1. The number of pyridine rings is 1. The molecular formula is C20H23N4O5PS. The molecule has 1 saturated heterocycles. The highest BCUT2D eigenvalue weighted by atomic mass is 32.1. The zero-order valence-corrected chi connectivity index (χ0v) is 18.7. The topological polar surface area (TPSA) is 118 Å². The van der Waals surface area contributed by atoms with Crippen molar-refractivity contribution in [3.05, 3.63) is 45.0 Å². The van der Waals surface area contributed by atoms with Gasteiger partial charge in [0, 0.05) is 36.1 Å². The first-order valence-electron chi connectivity index (χ1n) is 9.92. The average Bonchev–Trinajstić information content (AvgIpc) is 3.32. The van der Waals surface area contributed by atoms with Gasteiger partial charge in [-0.2, -0.15) is 26.1 Å². The summed E-state index contributed by atoms with van der Waals surface area (Å²) in [5.74, 6) is 0.784. The molecule has 9 nitrogen and oxygen atoms in total. The minimum Gasteiger partial charge on any atom is -0.481 e. The van der Waals surface area contributed by atoms with Gasteiger partial charge >= 0.3 is 0 Å². The van der Waals surface area contributed by atoms with E-state index in [4.69, 9.17) is 4.74 Å². The maximum absolute atomic E-state index is 13.3. The summed E-state index contributed by atoms with van der Waals surface area (Å²) in [5, 5.41) is 8.45. The summed E-state index contributed by atoms with van der Waals surface area (Å²) >= 11 is 1.38. The van der Waals surface area contributed by atoms with Crippen molar-refractivity contribution in [2.45, 2.75) is 19.3 Å². The maximum atomic E-state index is 13.3. The fourth-order valence-electron chi connectivity index (χ4n) is 3.84. The predicted octanol–water partition coefficient (Wildman–Crippen LogP) is 2.45. The van der Waals surface area contributed by atoms with Crippen molar-refractivity contribution in [3.63, 3.8) is 0 Å². The molecule has 1 aliphatic rings. The van der Waals surface area contributed by atoms with Crippen LogP contribution in [0.1, 0.15) is 29.6 Å². The van der Waals surface area contributed by atoms with E-state index in [2.05, 4.69) is 10.1 Å². The van der Waals surface area contributed by atoms with E-state index in [0.717, 1.165) is 23.9 Å². The molecule has 11 heteroatoms. The summed E-state index contributed by atoms with van der Waals surface area (Å²) in [7, 11) is -0.350. The zero-order chi connectivity index (χ0) is 22.0. The Morgan fingerprint density at radius 2 is 2.13 bits per heavy atom. The van der Waals surface area contributed by atoms with Gasteiger partial charge < -0.3 is 19.4 Å². The number of carbonyl (C=O) groups is 1. The highest BCUT2D eigenvalue weighted by molar-refractivity contribution is 7.45. The van der Waals surface area contributed by atoms with Crippen LogP contribution in [0.4, 0.5) is 5.82 Å². The molecule has 4 rings (SSSR count). The molecule has 1 aliphatic heterocycles. The molecule has 0 aliphatic carbocycles.